The Morgan fingerprint density at radius 1 is 1.32 bits per heavy atom. The highest BCUT2D eigenvalue weighted by atomic mass is 79.9. The summed E-state index contributed by atoms with van der Waals surface area (Å²) < 4.78 is 0.317. The van der Waals surface area contributed by atoms with Crippen molar-refractivity contribution in [3.8, 4) is 0 Å². The van der Waals surface area contributed by atoms with Crippen LogP contribution in [0.3, 0.4) is 0 Å². The number of nitrogens with one attached hydrogen (secondary N) is 1. The Morgan fingerprint density at radius 2 is 2.05 bits per heavy atom. The van der Waals surface area contributed by atoms with E-state index in [9.17, 15) is 19.2 Å². The minimum atomic E-state index is -1.10. The average Bonchev–Trinajstić information content (AvgIpc) is 2.75. The number of carbonyl (C=O) groups excluding carboxylic acids is 3. The predicted molar refractivity (Wildman–Crippen MR) is 77.1 cm³/mol. The van der Waals surface area contributed by atoms with Gasteiger partial charge in [0.1, 0.15) is 6.04 Å². The first-order valence-corrected chi connectivity index (χ1v) is 7.38. The predicted octanol–water partition coefficient (Wildman–Crippen LogP) is 0.908. The van der Waals surface area contributed by atoms with Crippen molar-refractivity contribution in [2.45, 2.75) is 25.4 Å². The molecule has 0 aliphatic carbocycles. The van der Waals surface area contributed by atoms with E-state index in [1.165, 1.54) is 17.0 Å². The number of rotatable bonds is 2. The molecule has 0 radical (unpaired) electrons. The number of aromatic carboxylic acids is 1. The summed E-state index contributed by atoms with van der Waals surface area (Å²) in [6.45, 7) is 0.161. The van der Waals surface area contributed by atoms with Crippen LogP contribution in [0.2, 0.25) is 0 Å². The van der Waals surface area contributed by atoms with Gasteiger partial charge < -0.3 is 10.0 Å². The summed E-state index contributed by atoms with van der Waals surface area (Å²) in [4.78, 5) is 48.1. The van der Waals surface area contributed by atoms with E-state index >= 15 is 0 Å². The summed E-state index contributed by atoms with van der Waals surface area (Å²) in [5, 5.41) is 11.3. The quantitative estimate of drug-likeness (QED) is 0.757. The van der Waals surface area contributed by atoms with E-state index < -0.39 is 17.9 Å². The zero-order chi connectivity index (χ0) is 16.0. The first-order chi connectivity index (χ1) is 10.4. The van der Waals surface area contributed by atoms with E-state index in [1.807, 2.05) is 0 Å². The molecule has 1 aromatic carbocycles. The summed E-state index contributed by atoms with van der Waals surface area (Å²) in [6.07, 6.45) is 0.456. The number of fused-ring (bicyclic) bond motifs is 1. The molecule has 2 aliphatic rings. The van der Waals surface area contributed by atoms with E-state index in [0.29, 0.717) is 15.6 Å². The van der Waals surface area contributed by atoms with Gasteiger partial charge in [-0.2, -0.15) is 0 Å². The topological polar surface area (TPSA) is 104 Å². The number of amides is 3. The molecular formula is C14H11BrN2O5. The van der Waals surface area contributed by atoms with Gasteiger partial charge in [0.2, 0.25) is 11.8 Å². The van der Waals surface area contributed by atoms with Crippen LogP contribution in [0.15, 0.2) is 16.6 Å². The van der Waals surface area contributed by atoms with Crippen molar-refractivity contribution in [2.24, 2.45) is 0 Å². The molecule has 1 atom stereocenters. The fraction of sp³-hybridized carbons (Fsp3) is 0.286. The lowest BCUT2D eigenvalue weighted by Crippen LogP contribution is -2.52. The second kappa shape index (κ2) is 5.20. The first kappa shape index (κ1) is 14.7. The monoisotopic (exact) mass is 366 g/mol. The van der Waals surface area contributed by atoms with E-state index in [1.54, 1.807) is 0 Å². The second-order valence-electron chi connectivity index (χ2n) is 5.19. The van der Waals surface area contributed by atoms with Gasteiger partial charge in [0, 0.05) is 23.0 Å². The number of imide groups is 1. The van der Waals surface area contributed by atoms with Gasteiger partial charge in [-0.25, -0.2) is 4.79 Å². The number of halogens is 1. The van der Waals surface area contributed by atoms with Crippen LogP contribution in [0.5, 0.6) is 0 Å². The molecule has 114 valence electrons. The molecular weight excluding hydrogens is 356 g/mol. The van der Waals surface area contributed by atoms with E-state index in [-0.39, 0.29) is 36.8 Å². The van der Waals surface area contributed by atoms with Gasteiger partial charge >= 0.3 is 5.97 Å². The van der Waals surface area contributed by atoms with Crippen LogP contribution in [0, 0.1) is 0 Å². The lowest BCUT2D eigenvalue weighted by atomic mass is 10.0. The standard InChI is InChI=1S/C14H11BrN2O5/c15-9-4-7-6(3-8(9)14(21)22)5-17(13(7)20)10-1-2-11(18)16-12(10)19/h3-4,10H,1-2,5H2,(H,21,22)(H,16,18,19). The fourth-order valence-corrected chi connectivity index (χ4v) is 3.27. The number of hydrogen-bond acceptors (Lipinski definition) is 4. The molecule has 8 heteroatoms. The largest absolute Gasteiger partial charge is 0.478 e. The van der Waals surface area contributed by atoms with Gasteiger partial charge in [-0.05, 0) is 40.0 Å². The van der Waals surface area contributed by atoms with Gasteiger partial charge in [-0.1, -0.05) is 0 Å². The lowest BCUT2D eigenvalue weighted by molar-refractivity contribution is -0.136. The highest BCUT2D eigenvalue weighted by Gasteiger charge is 2.39. The summed E-state index contributed by atoms with van der Waals surface area (Å²) in [6, 6.07) is 2.20. The molecule has 7 nitrogen and oxygen atoms in total. The highest BCUT2D eigenvalue weighted by molar-refractivity contribution is 9.10. The van der Waals surface area contributed by atoms with E-state index in [2.05, 4.69) is 21.2 Å². The molecule has 3 rings (SSSR count). The van der Waals surface area contributed by atoms with Crippen LogP contribution in [0.1, 0.15) is 39.1 Å². The van der Waals surface area contributed by atoms with Crippen LogP contribution in [0.25, 0.3) is 0 Å². The van der Waals surface area contributed by atoms with Gasteiger partial charge in [0.05, 0.1) is 5.56 Å². The molecule has 2 aliphatic heterocycles. The van der Waals surface area contributed by atoms with Gasteiger partial charge in [0.15, 0.2) is 0 Å². The highest BCUT2D eigenvalue weighted by Crippen LogP contribution is 2.31. The Labute approximate surface area is 133 Å². The van der Waals surface area contributed by atoms with Crippen LogP contribution in [-0.2, 0) is 16.1 Å². The molecule has 0 saturated carbocycles. The summed E-state index contributed by atoms with van der Waals surface area (Å²) in [5.41, 5.74) is 1.01. The number of nitrogens with zero attached hydrogens (tertiary/aromatic N) is 1. The fourth-order valence-electron chi connectivity index (χ4n) is 2.75. The summed E-state index contributed by atoms with van der Waals surface area (Å²) in [7, 11) is 0. The number of hydrogen-bond donors (Lipinski definition) is 2. The number of benzene rings is 1. The Bertz CT molecular complexity index is 730. The van der Waals surface area contributed by atoms with Crippen LogP contribution in [0.4, 0.5) is 0 Å². The molecule has 1 fully saturated rings. The number of piperidine rings is 1. The normalized spacial score (nSPS) is 20.9. The third kappa shape index (κ3) is 2.29. The van der Waals surface area contributed by atoms with E-state index in [0.717, 1.165) is 0 Å². The lowest BCUT2D eigenvalue weighted by Gasteiger charge is -2.29. The average molecular weight is 367 g/mol. The molecule has 1 saturated heterocycles. The zero-order valence-corrected chi connectivity index (χ0v) is 12.8. The summed E-state index contributed by atoms with van der Waals surface area (Å²) >= 11 is 3.14. The molecule has 1 unspecified atom stereocenters. The number of carboxylic acid groups (broad SMARTS) is 1. The van der Waals surface area contributed by atoms with Crippen LogP contribution >= 0.6 is 15.9 Å². The van der Waals surface area contributed by atoms with E-state index in [4.69, 9.17) is 5.11 Å². The molecule has 0 aromatic heterocycles. The summed E-state index contributed by atoms with van der Waals surface area (Å²) in [5.74, 6) is -2.26. The minimum absolute atomic E-state index is 0.0664. The Balaban J connectivity index is 1.93. The smallest absolute Gasteiger partial charge is 0.336 e. The third-order valence-corrected chi connectivity index (χ3v) is 4.50. The first-order valence-electron chi connectivity index (χ1n) is 6.59. The molecule has 2 heterocycles. The molecule has 2 N–H and O–H groups in total. The molecule has 22 heavy (non-hydrogen) atoms. The molecule has 1 aromatic rings. The van der Waals surface area contributed by atoms with Gasteiger partial charge in [-0.15, -0.1) is 0 Å². The van der Waals surface area contributed by atoms with Crippen molar-refractivity contribution in [3.63, 3.8) is 0 Å². The maximum atomic E-state index is 12.4. The number of carboxylic acids is 1. The Kier molecular flexibility index (Phi) is 3.48. The minimum Gasteiger partial charge on any atom is -0.478 e. The van der Waals surface area contributed by atoms with Crippen molar-refractivity contribution >= 4 is 39.6 Å². The molecule has 3 amide bonds. The maximum Gasteiger partial charge on any atom is 0.336 e. The Hall–Kier alpha value is -2.22. The third-order valence-electron chi connectivity index (χ3n) is 3.84. The van der Waals surface area contributed by atoms with Crippen molar-refractivity contribution in [2.75, 3.05) is 0 Å². The molecule has 0 spiro atoms. The van der Waals surface area contributed by atoms with Crippen LogP contribution in [-0.4, -0.2) is 39.7 Å². The zero-order valence-electron chi connectivity index (χ0n) is 11.3. The van der Waals surface area contributed by atoms with Crippen molar-refractivity contribution < 1.29 is 24.3 Å². The van der Waals surface area contributed by atoms with Gasteiger partial charge in [0.25, 0.3) is 5.91 Å². The number of carbonyl (C=O) groups is 4. The van der Waals surface area contributed by atoms with Crippen molar-refractivity contribution in [1.29, 1.82) is 0 Å². The Morgan fingerprint density at radius 3 is 2.68 bits per heavy atom. The molecule has 0 bridgehead atoms. The van der Waals surface area contributed by atoms with Crippen molar-refractivity contribution in [1.82, 2.24) is 10.2 Å². The van der Waals surface area contributed by atoms with Crippen molar-refractivity contribution in [3.05, 3.63) is 33.3 Å². The second-order valence-corrected chi connectivity index (χ2v) is 6.05. The maximum absolute atomic E-state index is 12.4. The van der Waals surface area contributed by atoms with Gasteiger partial charge in [-0.3, -0.25) is 19.7 Å². The SMILES string of the molecule is O=C1CCC(N2Cc3cc(C(=O)O)c(Br)cc3C2=O)C(=O)N1. The van der Waals surface area contributed by atoms with Crippen LogP contribution < -0.4 is 5.32 Å².